The highest BCUT2D eigenvalue weighted by Gasteiger charge is 2.45. The number of halogens is 2. The van der Waals surface area contributed by atoms with E-state index in [4.69, 9.17) is 14.6 Å². The minimum atomic E-state index is -3.81. The van der Waals surface area contributed by atoms with Crippen LogP contribution in [0.15, 0.2) is 42.5 Å². The Morgan fingerprint density at radius 3 is 2.56 bits per heavy atom. The third-order valence-corrected chi connectivity index (χ3v) is 9.10. The molecule has 36 heavy (non-hydrogen) atoms. The summed E-state index contributed by atoms with van der Waals surface area (Å²) in [7, 11) is -3.81. The lowest BCUT2D eigenvalue weighted by Crippen LogP contribution is -2.51. The van der Waals surface area contributed by atoms with Gasteiger partial charge in [-0.3, -0.25) is 4.79 Å². The summed E-state index contributed by atoms with van der Waals surface area (Å²) in [5.74, 6) is -2.05. The number of sulfonamides is 1. The molecule has 0 saturated carbocycles. The Labute approximate surface area is 209 Å². The number of aliphatic hydroxyl groups is 1. The van der Waals surface area contributed by atoms with E-state index < -0.39 is 45.0 Å². The number of amides is 1. The number of carbonyl (C=O) groups excluding carboxylic acids is 1. The monoisotopic (exact) mass is 524 g/mol. The molecule has 196 valence electrons. The van der Waals surface area contributed by atoms with Gasteiger partial charge in [0.1, 0.15) is 29.1 Å². The molecule has 2 atom stereocenters. The zero-order valence-corrected chi connectivity index (χ0v) is 20.8. The standard InChI is InChI=1S/C25H30F2N2O6S/c1-17-7-8-23(18-5-3-2-4-6-18)36(32,33)29(17)13-19-11-22(27)20(12-21(19)26)25(15-34-16-25)35-14-24(31)28-9-10-30/h2-6,11-12,17,23,30H,7-10,13-16H2,1H3,(H,28,31)/t17-,23+/m0/s1. The molecule has 0 spiro atoms. The Bertz CT molecular complexity index is 1190. The lowest BCUT2D eigenvalue weighted by Gasteiger charge is -2.41. The maximum atomic E-state index is 15.3. The molecule has 4 rings (SSSR count). The van der Waals surface area contributed by atoms with Crippen LogP contribution in [-0.2, 0) is 36.4 Å². The van der Waals surface area contributed by atoms with Crippen LogP contribution in [0.3, 0.4) is 0 Å². The first-order valence-electron chi connectivity index (χ1n) is 11.8. The van der Waals surface area contributed by atoms with Crippen molar-refractivity contribution in [3.05, 3.63) is 70.8 Å². The van der Waals surface area contributed by atoms with Crippen LogP contribution in [0.1, 0.15) is 41.7 Å². The third kappa shape index (κ3) is 5.30. The number of nitrogens with one attached hydrogen (secondary N) is 1. The van der Waals surface area contributed by atoms with E-state index in [1.165, 1.54) is 4.31 Å². The van der Waals surface area contributed by atoms with Crippen molar-refractivity contribution < 1.29 is 36.6 Å². The Kier molecular flexibility index (Phi) is 8.06. The van der Waals surface area contributed by atoms with Crippen LogP contribution >= 0.6 is 0 Å². The molecular formula is C25H30F2N2O6S. The average Bonchev–Trinajstić information content (AvgIpc) is 2.82. The van der Waals surface area contributed by atoms with Gasteiger partial charge >= 0.3 is 0 Å². The molecule has 0 unspecified atom stereocenters. The van der Waals surface area contributed by atoms with Crippen LogP contribution in [0.5, 0.6) is 0 Å². The Morgan fingerprint density at radius 1 is 1.19 bits per heavy atom. The molecule has 0 radical (unpaired) electrons. The molecule has 0 aliphatic carbocycles. The summed E-state index contributed by atoms with van der Waals surface area (Å²) in [5, 5.41) is 10.5. The van der Waals surface area contributed by atoms with Crippen molar-refractivity contribution in [2.45, 2.75) is 43.2 Å². The lowest BCUT2D eigenvalue weighted by molar-refractivity contribution is -0.217. The van der Waals surface area contributed by atoms with Crippen LogP contribution in [0, 0.1) is 11.6 Å². The fraction of sp³-hybridized carbons (Fsp3) is 0.480. The summed E-state index contributed by atoms with van der Waals surface area (Å²) in [5.41, 5.74) is -0.843. The van der Waals surface area contributed by atoms with E-state index in [1.807, 2.05) is 6.07 Å². The van der Waals surface area contributed by atoms with Crippen LogP contribution < -0.4 is 5.32 Å². The van der Waals surface area contributed by atoms with E-state index >= 15 is 8.78 Å². The molecule has 2 N–H and O–H groups in total. The highest BCUT2D eigenvalue weighted by molar-refractivity contribution is 7.89. The Morgan fingerprint density at radius 2 is 1.92 bits per heavy atom. The maximum absolute atomic E-state index is 15.3. The largest absolute Gasteiger partial charge is 0.395 e. The summed E-state index contributed by atoms with van der Waals surface area (Å²) in [4.78, 5) is 11.8. The quantitative estimate of drug-likeness (QED) is 0.522. The predicted molar refractivity (Wildman–Crippen MR) is 127 cm³/mol. The molecule has 2 aliphatic rings. The molecule has 2 saturated heterocycles. The lowest BCUT2D eigenvalue weighted by atomic mass is 9.90. The number of benzene rings is 2. The number of rotatable bonds is 9. The van der Waals surface area contributed by atoms with Crippen molar-refractivity contribution in [2.75, 3.05) is 33.0 Å². The van der Waals surface area contributed by atoms with Crippen molar-refractivity contribution in [1.82, 2.24) is 9.62 Å². The van der Waals surface area contributed by atoms with Gasteiger partial charge in [0.15, 0.2) is 0 Å². The van der Waals surface area contributed by atoms with Gasteiger partial charge < -0.3 is 19.9 Å². The minimum absolute atomic E-state index is 0.0480. The number of hydrogen-bond acceptors (Lipinski definition) is 6. The van der Waals surface area contributed by atoms with Crippen molar-refractivity contribution in [3.8, 4) is 0 Å². The normalized spacial score (nSPS) is 23.1. The SMILES string of the molecule is C[C@H]1CC[C@H](c2ccccc2)S(=O)(=O)N1Cc1cc(F)c(C2(OCC(=O)NCCO)COC2)cc1F. The molecule has 11 heteroatoms. The van der Waals surface area contributed by atoms with E-state index in [-0.39, 0.29) is 50.1 Å². The van der Waals surface area contributed by atoms with Crippen molar-refractivity contribution in [2.24, 2.45) is 0 Å². The second kappa shape index (κ2) is 10.9. The van der Waals surface area contributed by atoms with Gasteiger partial charge in [0.25, 0.3) is 0 Å². The van der Waals surface area contributed by atoms with E-state index in [0.29, 0.717) is 18.4 Å². The molecule has 8 nitrogen and oxygen atoms in total. The fourth-order valence-electron chi connectivity index (χ4n) is 4.63. The highest BCUT2D eigenvalue weighted by atomic mass is 32.2. The number of carbonyl (C=O) groups is 1. The van der Waals surface area contributed by atoms with Crippen LogP contribution in [-0.4, -0.2) is 62.8 Å². The number of ether oxygens (including phenoxy) is 2. The molecule has 1 amide bonds. The highest BCUT2D eigenvalue weighted by Crippen LogP contribution is 2.40. The van der Waals surface area contributed by atoms with E-state index in [2.05, 4.69) is 5.32 Å². The summed E-state index contributed by atoms with van der Waals surface area (Å²) in [6.45, 7) is 0.724. The molecule has 2 aromatic rings. The zero-order valence-electron chi connectivity index (χ0n) is 20.0. The Hall–Kier alpha value is -2.44. The smallest absolute Gasteiger partial charge is 0.246 e. The van der Waals surface area contributed by atoms with Crippen molar-refractivity contribution >= 4 is 15.9 Å². The maximum Gasteiger partial charge on any atom is 0.246 e. The van der Waals surface area contributed by atoms with Gasteiger partial charge in [0.05, 0.1) is 19.8 Å². The second-order valence-electron chi connectivity index (χ2n) is 9.19. The first-order chi connectivity index (χ1) is 17.2. The van der Waals surface area contributed by atoms with Gasteiger partial charge in [-0.25, -0.2) is 17.2 Å². The van der Waals surface area contributed by atoms with Crippen LogP contribution in [0.4, 0.5) is 8.78 Å². The summed E-state index contributed by atoms with van der Waals surface area (Å²) < 4.78 is 69.4. The molecule has 2 aliphatic heterocycles. The average molecular weight is 525 g/mol. The summed E-state index contributed by atoms with van der Waals surface area (Å²) in [6.07, 6.45) is 1.04. The van der Waals surface area contributed by atoms with Gasteiger partial charge in [0, 0.05) is 30.3 Å². The van der Waals surface area contributed by atoms with E-state index in [9.17, 15) is 13.2 Å². The van der Waals surface area contributed by atoms with Crippen LogP contribution in [0.25, 0.3) is 0 Å². The molecule has 2 fully saturated rings. The van der Waals surface area contributed by atoms with Gasteiger partial charge in [0.2, 0.25) is 15.9 Å². The predicted octanol–water partition coefficient (Wildman–Crippen LogP) is 2.37. The first kappa shape index (κ1) is 26.6. The Balaban J connectivity index is 1.55. The number of hydrogen-bond donors (Lipinski definition) is 2. The van der Waals surface area contributed by atoms with Crippen molar-refractivity contribution in [1.29, 1.82) is 0 Å². The topological polar surface area (TPSA) is 105 Å². The minimum Gasteiger partial charge on any atom is -0.395 e. The summed E-state index contributed by atoms with van der Waals surface area (Å²) in [6, 6.07) is 10.5. The first-order valence-corrected chi connectivity index (χ1v) is 13.3. The molecule has 0 aromatic heterocycles. The van der Waals surface area contributed by atoms with Gasteiger partial charge in [-0.15, -0.1) is 0 Å². The third-order valence-electron chi connectivity index (χ3n) is 6.73. The molecule has 0 bridgehead atoms. The molecular weight excluding hydrogens is 494 g/mol. The van der Waals surface area contributed by atoms with Gasteiger partial charge in [-0.05, 0) is 37.5 Å². The van der Waals surface area contributed by atoms with E-state index in [0.717, 1.165) is 12.1 Å². The second-order valence-corrected chi connectivity index (χ2v) is 11.3. The molecule has 2 heterocycles. The number of nitrogens with zero attached hydrogens (tertiary/aromatic N) is 1. The van der Waals surface area contributed by atoms with Gasteiger partial charge in [-0.2, -0.15) is 4.31 Å². The summed E-state index contributed by atoms with van der Waals surface area (Å²) >= 11 is 0. The fourth-order valence-corrected chi connectivity index (χ4v) is 6.82. The zero-order chi connectivity index (χ0) is 25.9. The van der Waals surface area contributed by atoms with Crippen LogP contribution in [0.2, 0.25) is 0 Å². The van der Waals surface area contributed by atoms with Gasteiger partial charge in [-0.1, -0.05) is 30.3 Å². The van der Waals surface area contributed by atoms with E-state index in [1.54, 1.807) is 31.2 Å². The molecule has 2 aromatic carbocycles. The number of aliphatic hydroxyl groups excluding tert-OH is 1. The van der Waals surface area contributed by atoms with Crippen molar-refractivity contribution in [3.63, 3.8) is 0 Å².